The van der Waals surface area contributed by atoms with Crippen LogP contribution in [0.2, 0.25) is 0 Å². The monoisotopic (exact) mass is 183 g/mol. The molecule has 0 N–H and O–H groups in total. The zero-order chi connectivity index (χ0) is 9.30. The van der Waals surface area contributed by atoms with E-state index in [2.05, 4.69) is 4.98 Å². The van der Waals surface area contributed by atoms with Gasteiger partial charge in [0.15, 0.2) is 16.6 Å². The van der Waals surface area contributed by atoms with Crippen LogP contribution in [0.4, 0.5) is 0 Å². The Hall–Kier alpha value is -1.03. The van der Waals surface area contributed by atoms with Gasteiger partial charge in [-0.25, -0.2) is 4.98 Å². The molecule has 0 fully saturated rings. The summed E-state index contributed by atoms with van der Waals surface area (Å²) in [4.78, 5) is 26.4. The van der Waals surface area contributed by atoms with Crippen molar-refractivity contribution in [2.45, 2.75) is 20.8 Å². The average Bonchev–Trinajstić information content (AvgIpc) is 2.30. The van der Waals surface area contributed by atoms with Gasteiger partial charge in [-0.2, -0.15) is 0 Å². The number of ketones is 2. The Morgan fingerprint density at radius 1 is 1.25 bits per heavy atom. The molecular weight excluding hydrogens is 174 g/mol. The van der Waals surface area contributed by atoms with Gasteiger partial charge in [0.1, 0.15) is 0 Å². The number of rotatable bonds is 2. The Kier molecular flexibility index (Phi) is 2.38. The lowest BCUT2D eigenvalue weighted by molar-refractivity contribution is 0.101. The molecule has 0 aliphatic rings. The zero-order valence-corrected chi connectivity index (χ0v) is 7.99. The third-order valence-corrected chi connectivity index (χ3v) is 2.78. The molecule has 3 nitrogen and oxygen atoms in total. The van der Waals surface area contributed by atoms with Crippen molar-refractivity contribution in [3.63, 3.8) is 0 Å². The molecule has 0 spiro atoms. The Labute approximate surface area is 74.4 Å². The minimum absolute atomic E-state index is 0.0301. The number of nitrogens with zero attached hydrogens (tertiary/aromatic N) is 1. The highest BCUT2D eigenvalue weighted by Gasteiger charge is 2.13. The molecule has 64 valence electrons. The van der Waals surface area contributed by atoms with Gasteiger partial charge in [0.2, 0.25) is 0 Å². The van der Waals surface area contributed by atoms with Gasteiger partial charge in [0.25, 0.3) is 0 Å². The highest BCUT2D eigenvalue weighted by atomic mass is 32.1. The first kappa shape index (κ1) is 9.06. The van der Waals surface area contributed by atoms with Crippen LogP contribution < -0.4 is 0 Å². The first-order chi connectivity index (χ1) is 5.52. The summed E-state index contributed by atoms with van der Waals surface area (Å²) >= 11 is 1.17. The van der Waals surface area contributed by atoms with Crippen molar-refractivity contribution in [3.05, 3.63) is 15.6 Å². The summed E-state index contributed by atoms with van der Waals surface area (Å²) in [5.74, 6) is -0.117. The number of aryl methyl sites for hydroxylation is 1. The third kappa shape index (κ3) is 1.58. The molecule has 1 aromatic heterocycles. The van der Waals surface area contributed by atoms with Crippen molar-refractivity contribution >= 4 is 22.9 Å². The molecular formula is C8H9NO2S. The normalized spacial score (nSPS) is 9.92. The van der Waals surface area contributed by atoms with Crippen LogP contribution in [0.3, 0.4) is 0 Å². The van der Waals surface area contributed by atoms with E-state index in [0.717, 1.165) is 0 Å². The molecule has 12 heavy (non-hydrogen) atoms. The fraction of sp³-hybridized carbons (Fsp3) is 0.375. The predicted octanol–water partition coefficient (Wildman–Crippen LogP) is 1.86. The van der Waals surface area contributed by atoms with Gasteiger partial charge in [0.05, 0.1) is 10.6 Å². The van der Waals surface area contributed by atoms with Gasteiger partial charge in [-0.1, -0.05) is 0 Å². The van der Waals surface area contributed by atoms with Crippen LogP contribution in [0, 0.1) is 6.92 Å². The Morgan fingerprint density at radius 3 is 2.08 bits per heavy atom. The lowest BCUT2D eigenvalue weighted by Crippen LogP contribution is -1.90. The second-order valence-corrected chi connectivity index (χ2v) is 3.54. The van der Waals surface area contributed by atoms with Crippen molar-refractivity contribution in [1.82, 2.24) is 4.98 Å². The number of hydrogen-bond acceptors (Lipinski definition) is 4. The topological polar surface area (TPSA) is 47.0 Å². The van der Waals surface area contributed by atoms with E-state index < -0.39 is 0 Å². The molecule has 0 atom stereocenters. The van der Waals surface area contributed by atoms with Crippen LogP contribution in [-0.2, 0) is 0 Å². The highest BCUT2D eigenvalue weighted by molar-refractivity contribution is 7.15. The molecule has 0 radical (unpaired) electrons. The maximum Gasteiger partial charge on any atom is 0.188 e. The minimum Gasteiger partial charge on any atom is -0.294 e. The fourth-order valence-electron chi connectivity index (χ4n) is 0.874. The van der Waals surface area contributed by atoms with Crippen molar-refractivity contribution in [3.8, 4) is 0 Å². The van der Waals surface area contributed by atoms with E-state index >= 15 is 0 Å². The first-order valence-corrected chi connectivity index (χ1v) is 4.33. The second kappa shape index (κ2) is 3.15. The third-order valence-electron chi connectivity index (χ3n) is 1.42. The van der Waals surface area contributed by atoms with Gasteiger partial charge in [-0.05, 0) is 6.92 Å². The maximum atomic E-state index is 11.0. The van der Waals surface area contributed by atoms with Crippen LogP contribution in [0.15, 0.2) is 0 Å². The quantitative estimate of drug-likeness (QED) is 0.657. The van der Waals surface area contributed by atoms with Gasteiger partial charge in [-0.15, -0.1) is 11.3 Å². The van der Waals surface area contributed by atoms with Crippen molar-refractivity contribution in [2.24, 2.45) is 0 Å². The van der Waals surface area contributed by atoms with Gasteiger partial charge in [-0.3, -0.25) is 9.59 Å². The number of thiazole rings is 1. The smallest absolute Gasteiger partial charge is 0.188 e. The van der Waals surface area contributed by atoms with E-state index in [9.17, 15) is 9.59 Å². The molecule has 0 aromatic carbocycles. The zero-order valence-electron chi connectivity index (χ0n) is 7.17. The number of hydrogen-bond donors (Lipinski definition) is 0. The average molecular weight is 183 g/mol. The van der Waals surface area contributed by atoms with E-state index in [1.54, 1.807) is 6.92 Å². The molecule has 0 unspecified atom stereocenters. The largest absolute Gasteiger partial charge is 0.294 e. The summed E-state index contributed by atoms with van der Waals surface area (Å²) in [6, 6.07) is 0. The van der Waals surface area contributed by atoms with Crippen molar-refractivity contribution < 1.29 is 9.59 Å². The molecule has 0 saturated carbocycles. The van der Waals surface area contributed by atoms with Crippen LogP contribution >= 0.6 is 11.3 Å². The molecule has 1 heterocycles. The molecule has 4 heteroatoms. The number of aromatic nitrogens is 1. The SMILES string of the molecule is CC(=O)c1nc(C)c(C(C)=O)s1. The summed E-state index contributed by atoms with van der Waals surface area (Å²) in [6.45, 7) is 4.66. The van der Waals surface area contributed by atoms with Crippen LogP contribution in [0.25, 0.3) is 0 Å². The van der Waals surface area contributed by atoms with E-state index in [-0.39, 0.29) is 11.6 Å². The number of carbonyl (C=O) groups is 2. The van der Waals surface area contributed by atoms with Gasteiger partial charge < -0.3 is 0 Å². The van der Waals surface area contributed by atoms with Crippen molar-refractivity contribution in [1.29, 1.82) is 0 Å². The maximum absolute atomic E-state index is 11.0. The lowest BCUT2D eigenvalue weighted by Gasteiger charge is -1.85. The van der Waals surface area contributed by atoms with Crippen LogP contribution in [-0.4, -0.2) is 16.6 Å². The molecule has 0 aliphatic carbocycles. The summed E-state index contributed by atoms with van der Waals surface area (Å²) in [7, 11) is 0. The highest BCUT2D eigenvalue weighted by Crippen LogP contribution is 2.18. The Morgan fingerprint density at radius 2 is 1.83 bits per heavy atom. The fourth-order valence-corrected chi connectivity index (χ4v) is 1.73. The summed E-state index contributed by atoms with van der Waals surface area (Å²) in [6.07, 6.45) is 0. The van der Waals surface area contributed by atoms with Gasteiger partial charge in [0, 0.05) is 13.8 Å². The summed E-state index contributed by atoms with van der Waals surface area (Å²) in [5.41, 5.74) is 0.651. The summed E-state index contributed by atoms with van der Waals surface area (Å²) in [5, 5.41) is 0.415. The number of carbonyl (C=O) groups excluding carboxylic acids is 2. The first-order valence-electron chi connectivity index (χ1n) is 3.51. The molecule has 0 amide bonds. The van der Waals surface area contributed by atoms with E-state index in [0.29, 0.717) is 15.6 Å². The molecule has 0 aliphatic heterocycles. The lowest BCUT2D eigenvalue weighted by atomic mass is 10.3. The molecule has 0 saturated heterocycles. The minimum atomic E-state index is -0.0874. The van der Waals surface area contributed by atoms with Crippen molar-refractivity contribution in [2.75, 3.05) is 0 Å². The van der Waals surface area contributed by atoms with Gasteiger partial charge >= 0.3 is 0 Å². The molecule has 0 bridgehead atoms. The van der Waals surface area contributed by atoms with E-state index in [1.165, 1.54) is 25.2 Å². The predicted molar refractivity (Wildman–Crippen MR) is 46.9 cm³/mol. The van der Waals surface area contributed by atoms with Crippen LogP contribution in [0.1, 0.15) is 39.0 Å². The number of Topliss-reactive ketones (excluding diaryl/α,β-unsaturated/α-hetero) is 2. The summed E-state index contributed by atoms with van der Waals surface area (Å²) < 4.78 is 0. The second-order valence-electron chi connectivity index (χ2n) is 2.55. The molecule has 1 rings (SSSR count). The van der Waals surface area contributed by atoms with Crippen LogP contribution in [0.5, 0.6) is 0 Å². The van der Waals surface area contributed by atoms with E-state index in [4.69, 9.17) is 0 Å². The van der Waals surface area contributed by atoms with E-state index in [1.807, 2.05) is 0 Å². The standard InChI is InChI=1S/C8H9NO2S/c1-4-7(5(2)10)12-8(9-4)6(3)11/h1-3H3. The Bertz CT molecular complexity index is 341. The molecule has 1 aromatic rings. The Balaban J connectivity index is 3.17.